The Kier molecular flexibility index (Phi) is 4.74. The van der Waals surface area contributed by atoms with E-state index in [1.807, 2.05) is 0 Å². The maximum absolute atomic E-state index is 12.0. The lowest BCUT2D eigenvalue weighted by molar-refractivity contribution is -0.175. The Bertz CT molecular complexity index is 460. The average Bonchev–Trinajstić information content (AvgIpc) is 2.61. The standard InChI is InChI=1S/C9H7BrF3NO3S/c10-6-2-4(3-18-6)1-5(7(15)16)14-8(17)9(11,12)13/h2-3,5H,1H2,(H,14,17)(H,15,16)/t5-/m0/s1. The molecule has 1 aromatic rings. The third-order valence-electron chi connectivity index (χ3n) is 1.92. The number of halogens is 4. The number of hydrogen-bond donors (Lipinski definition) is 2. The molecule has 2 N–H and O–H groups in total. The number of thiophene rings is 1. The van der Waals surface area contributed by atoms with E-state index in [0.29, 0.717) is 5.56 Å². The van der Waals surface area contributed by atoms with Crippen molar-refractivity contribution < 1.29 is 27.9 Å². The molecular formula is C9H7BrF3NO3S. The molecular weight excluding hydrogens is 339 g/mol. The summed E-state index contributed by atoms with van der Waals surface area (Å²) in [4.78, 5) is 21.5. The number of carboxylic acids is 1. The number of carbonyl (C=O) groups excluding carboxylic acids is 1. The van der Waals surface area contributed by atoms with Crippen molar-refractivity contribution in [3.05, 3.63) is 20.8 Å². The van der Waals surface area contributed by atoms with Gasteiger partial charge in [-0.15, -0.1) is 11.3 Å². The molecule has 0 unspecified atom stereocenters. The van der Waals surface area contributed by atoms with Crippen LogP contribution in [0.2, 0.25) is 0 Å². The van der Waals surface area contributed by atoms with E-state index in [9.17, 15) is 22.8 Å². The molecule has 4 nitrogen and oxygen atoms in total. The highest BCUT2D eigenvalue weighted by Crippen LogP contribution is 2.22. The van der Waals surface area contributed by atoms with Crippen LogP contribution in [0.3, 0.4) is 0 Å². The molecule has 0 aliphatic carbocycles. The first-order valence-electron chi connectivity index (χ1n) is 4.53. The van der Waals surface area contributed by atoms with Crippen LogP contribution in [0.4, 0.5) is 13.2 Å². The quantitative estimate of drug-likeness (QED) is 0.878. The Morgan fingerprint density at radius 3 is 2.50 bits per heavy atom. The number of amides is 1. The van der Waals surface area contributed by atoms with E-state index in [4.69, 9.17) is 5.11 Å². The fraction of sp³-hybridized carbons (Fsp3) is 0.333. The summed E-state index contributed by atoms with van der Waals surface area (Å²) in [6.45, 7) is 0. The number of hydrogen-bond acceptors (Lipinski definition) is 3. The van der Waals surface area contributed by atoms with Crippen molar-refractivity contribution in [3.8, 4) is 0 Å². The third kappa shape index (κ3) is 4.30. The van der Waals surface area contributed by atoms with Gasteiger partial charge >= 0.3 is 18.1 Å². The molecule has 0 fully saturated rings. The summed E-state index contributed by atoms with van der Waals surface area (Å²) in [7, 11) is 0. The lowest BCUT2D eigenvalue weighted by Gasteiger charge is -2.14. The Labute approximate surface area is 112 Å². The zero-order chi connectivity index (χ0) is 13.9. The second-order valence-electron chi connectivity index (χ2n) is 3.33. The molecule has 0 aliphatic rings. The monoisotopic (exact) mass is 345 g/mol. The third-order valence-corrected chi connectivity index (χ3v) is 3.48. The molecule has 0 aliphatic heterocycles. The minimum atomic E-state index is -5.09. The topological polar surface area (TPSA) is 66.4 Å². The molecule has 1 heterocycles. The first kappa shape index (κ1) is 15.0. The zero-order valence-corrected chi connectivity index (χ0v) is 11.0. The summed E-state index contributed by atoms with van der Waals surface area (Å²) < 4.78 is 36.7. The normalized spacial score (nSPS) is 13.1. The van der Waals surface area contributed by atoms with Crippen molar-refractivity contribution in [3.63, 3.8) is 0 Å². The van der Waals surface area contributed by atoms with Crippen LogP contribution in [0.25, 0.3) is 0 Å². The van der Waals surface area contributed by atoms with Crippen molar-refractivity contribution in [2.75, 3.05) is 0 Å². The van der Waals surface area contributed by atoms with Gasteiger partial charge in [0.05, 0.1) is 3.79 Å². The average molecular weight is 346 g/mol. The van der Waals surface area contributed by atoms with E-state index in [1.165, 1.54) is 16.7 Å². The molecule has 1 amide bonds. The molecule has 0 saturated heterocycles. The van der Waals surface area contributed by atoms with Crippen molar-refractivity contribution in [1.29, 1.82) is 0 Å². The van der Waals surface area contributed by atoms with Gasteiger partial charge in [-0.2, -0.15) is 13.2 Å². The molecule has 0 aromatic carbocycles. The molecule has 0 saturated carbocycles. The van der Waals surface area contributed by atoms with Gasteiger partial charge in [-0.05, 0) is 32.9 Å². The van der Waals surface area contributed by atoms with E-state index in [1.54, 1.807) is 11.4 Å². The number of aliphatic carboxylic acids is 1. The van der Waals surface area contributed by atoms with Gasteiger partial charge in [0.25, 0.3) is 0 Å². The lowest BCUT2D eigenvalue weighted by atomic mass is 10.1. The maximum Gasteiger partial charge on any atom is 0.471 e. The number of alkyl halides is 3. The van der Waals surface area contributed by atoms with E-state index >= 15 is 0 Å². The van der Waals surface area contributed by atoms with Crippen LogP contribution in [0, 0.1) is 0 Å². The van der Waals surface area contributed by atoms with Crippen LogP contribution in [0.1, 0.15) is 5.56 Å². The number of carboxylic acid groups (broad SMARTS) is 1. The second kappa shape index (κ2) is 5.70. The van der Waals surface area contributed by atoms with Gasteiger partial charge in [-0.25, -0.2) is 4.79 Å². The summed E-state index contributed by atoms with van der Waals surface area (Å²) >= 11 is 4.42. The lowest BCUT2D eigenvalue weighted by Crippen LogP contribution is -2.47. The Morgan fingerprint density at radius 2 is 2.11 bits per heavy atom. The van der Waals surface area contributed by atoms with Crippen molar-refractivity contribution >= 4 is 39.1 Å². The molecule has 0 spiro atoms. The van der Waals surface area contributed by atoms with Crippen molar-refractivity contribution in [1.82, 2.24) is 5.32 Å². The zero-order valence-electron chi connectivity index (χ0n) is 8.62. The molecule has 1 atom stereocenters. The minimum absolute atomic E-state index is 0.209. The first-order valence-corrected chi connectivity index (χ1v) is 6.21. The fourth-order valence-corrected chi connectivity index (χ4v) is 2.35. The molecule has 0 bridgehead atoms. The maximum atomic E-state index is 12.0. The van der Waals surface area contributed by atoms with E-state index in [2.05, 4.69) is 15.9 Å². The summed E-state index contributed by atoms with van der Waals surface area (Å²) in [6, 6.07) is -0.0269. The number of carbonyl (C=O) groups is 2. The van der Waals surface area contributed by atoms with Crippen LogP contribution in [0.15, 0.2) is 15.2 Å². The van der Waals surface area contributed by atoms with Crippen LogP contribution in [-0.4, -0.2) is 29.2 Å². The molecule has 1 aromatic heterocycles. The Balaban J connectivity index is 2.73. The van der Waals surface area contributed by atoms with Gasteiger partial charge in [-0.3, -0.25) is 4.79 Å². The predicted molar refractivity (Wildman–Crippen MR) is 61.3 cm³/mol. The summed E-state index contributed by atoms with van der Waals surface area (Å²) in [5.41, 5.74) is 0.529. The molecule has 18 heavy (non-hydrogen) atoms. The largest absolute Gasteiger partial charge is 0.480 e. The van der Waals surface area contributed by atoms with Gasteiger partial charge < -0.3 is 10.4 Å². The number of nitrogens with one attached hydrogen (secondary N) is 1. The van der Waals surface area contributed by atoms with Gasteiger partial charge in [0.1, 0.15) is 6.04 Å². The highest BCUT2D eigenvalue weighted by molar-refractivity contribution is 9.11. The molecule has 100 valence electrons. The number of rotatable bonds is 4. The summed E-state index contributed by atoms with van der Waals surface area (Å²) in [5.74, 6) is -3.78. The van der Waals surface area contributed by atoms with Crippen molar-refractivity contribution in [2.45, 2.75) is 18.6 Å². The molecule has 9 heteroatoms. The molecule has 1 rings (SSSR count). The highest BCUT2D eigenvalue weighted by atomic mass is 79.9. The first-order chi connectivity index (χ1) is 8.20. The Morgan fingerprint density at radius 1 is 1.50 bits per heavy atom. The van der Waals surface area contributed by atoms with E-state index in [0.717, 1.165) is 3.79 Å². The van der Waals surface area contributed by atoms with Gasteiger partial charge in [0, 0.05) is 6.42 Å². The molecule has 0 radical (unpaired) electrons. The van der Waals surface area contributed by atoms with E-state index in [-0.39, 0.29) is 6.42 Å². The SMILES string of the molecule is O=C(O)[C@H](Cc1csc(Br)c1)NC(=O)C(F)(F)F. The Hall–Kier alpha value is -1.09. The summed E-state index contributed by atoms with van der Waals surface area (Å²) in [6.07, 6.45) is -5.30. The van der Waals surface area contributed by atoms with Crippen LogP contribution in [0.5, 0.6) is 0 Å². The second-order valence-corrected chi connectivity index (χ2v) is 5.62. The van der Waals surface area contributed by atoms with Gasteiger partial charge in [0.2, 0.25) is 0 Å². The van der Waals surface area contributed by atoms with Gasteiger partial charge in [0.15, 0.2) is 0 Å². The fourth-order valence-electron chi connectivity index (χ4n) is 1.13. The highest BCUT2D eigenvalue weighted by Gasteiger charge is 2.40. The van der Waals surface area contributed by atoms with Crippen molar-refractivity contribution in [2.24, 2.45) is 0 Å². The van der Waals surface area contributed by atoms with Gasteiger partial charge in [-0.1, -0.05) is 0 Å². The van der Waals surface area contributed by atoms with E-state index < -0.39 is 24.1 Å². The minimum Gasteiger partial charge on any atom is -0.480 e. The summed E-state index contributed by atoms with van der Waals surface area (Å²) in [5, 5.41) is 11.8. The van der Waals surface area contributed by atoms with Crippen LogP contribution >= 0.6 is 27.3 Å². The predicted octanol–water partition coefficient (Wildman–Crippen LogP) is 2.18. The van der Waals surface area contributed by atoms with Crippen LogP contribution < -0.4 is 5.32 Å². The smallest absolute Gasteiger partial charge is 0.471 e. The van der Waals surface area contributed by atoms with Crippen LogP contribution in [-0.2, 0) is 16.0 Å².